The third-order valence-corrected chi connectivity index (χ3v) is 4.73. The first-order valence-electron chi connectivity index (χ1n) is 8.16. The van der Waals surface area contributed by atoms with Gasteiger partial charge in [-0.15, -0.1) is 0 Å². The van der Waals surface area contributed by atoms with Crippen LogP contribution in [0.1, 0.15) is 57.2 Å². The van der Waals surface area contributed by atoms with Gasteiger partial charge >= 0.3 is 0 Å². The molecule has 1 aliphatic heterocycles. The fourth-order valence-electron chi connectivity index (χ4n) is 3.13. The van der Waals surface area contributed by atoms with E-state index in [4.69, 9.17) is 0 Å². The molecule has 1 fully saturated rings. The van der Waals surface area contributed by atoms with Crippen molar-refractivity contribution in [3.8, 4) is 0 Å². The van der Waals surface area contributed by atoms with E-state index in [1.165, 1.54) is 43.5 Å². The van der Waals surface area contributed by atoms with E-state index in [9.17, 15) is 0 Å². The van der Waals surface area contributed by atoms with Crippen molar-refractivity contribution in [3.05, 3.63) is 35.4 Å². The molecule has 1 aliphatic rings. The number of benzene rings is 1. The highest BCUT2D eigenvalue weighted by molar-refractivity contribution is 5.23. The fourth-order valence-corrected chi connectivity index (χ4v) is 3.13. The number of hydrogen-bond donors (Lipinski definition) is 1. The Balaban J connectivity index is 2.04. The van der Waals surface area contributed by atoms with Gasteiger partial charge in [-0.2, -0.15) is 0 Å². The first-order valence-corrected chi connectivity index (χ1v) is 8.16. The van der Waals surface area contributed by atoms with E-state index >= 15 is 0 Å². The molecule has 0 spiro atoms. The zero-order valence-electron chi connectivity index (χ0n) is 13.5. The summed E-state index contributed by atoms with van der Waals surface area (Å²) in [5.74, 6) is 0. The number of aryl methyl sites for hydroxylation is 1. The highest BCUT2D eigenvalue weighted by Crippen LogP contribution is 2.23. The van der Waals surface area contributed by atoms with Crippen LogP contribution in [-0.2, 0) is 0 Å². The van der Waals surface area contributed by atoms with Crippen LogP contribution < -0.4 is 5.32 Å². The second-order valence-electron chi connectivity index (χ2n) is 6.37. The molecular weight excluding hydrogens is 244 g/mol. The van der Waals surface area contributed by atoms with Crippen LogP contribution in [0.5, 0.6) is 0 Å². The van der Waals surface area contributed by atoms with Gasteiger partial charge in [0.1, 0.15) is 0 Å². The van der Waals surface area contributed by atoms with E-state index in [0.29, 0.717) is 18.1 Å². The normalized spacial score (nSPS) is 26.8. The van der Waals surface area contributed by atoms with E-state index < -0.39 is 0 Å². The van der Waals surface area contributed by atoms with Crippen LogP contribution in [0.15, 0.2) is 24.3 Å². The summed E-state index contributed by atoms with van der Waals surface area (Å²) in [4.78, 5) is 2.66. The molecule has 1 aromatic carbocycles. The Morgan fingerprint density at radius 3 is 2.50 bits per heavy atom. The summed E-state index contributed by atoms with van der Waals surface area (Å²) in [6.45, 7) is 11.5. The summed E-state index contributed by atoms with van der Waals surface area (Å²) < 4.78 is 0. The summed E-state index contributed by atoms with van der Waals surface area (Å²) >= 11 is 0. The van der Waals surface area contributed by atoms with Crippen LogP contribution in [0.25, 0.3) is 0 Å². The van der Waals surface area contributed by atoms with Gasteiger partial charge in [-0.25, -0.2) is 0 Å². The Labute approximate surface area is 124 Å². The lowest BCUT2D eigenvalue weighted by Gasteiger charge is -2.35. The largest absolute Gasteiger partial charge is 0.311 e. The lowest BCUT2D eigenvalue weighted by molar-refractivity contribution is 0.168. The monoisotopic (exact) mass is 274 g/mol. The maximum Gasteiger partial charge on any atom is 0.0319 e. The topological polar surface area (TPSA) is 15.3 Å². The maximum atomic E-state index is 3.75. The molecule has 1 N–H and O–H groups in total. The lowest BCUT2D eigenvalue weighted by atomic mass is 10.0. The molecule has 0 saturated carbocycles. The Hall–Kier alpha value is -0.860. The van der Waals surface area contributed by atoms with E-state index in [1.807, 2.05) is 0 Å². The Morgan fingerprint density at radius 2 is 1.85 bits per heavy atom. The Morgan fingerprint density at radius 1 is 1.20 bits per heavy atom. The predicted octanol–water partition coefficient (Wildman–Crippen LogP) is 3.91. The number of nitrogens with zero attached hydrogens (tertiary/aromatic N) is 1. The maximum absolute atomic E-state index is 3.75. The van der Waals surface area contributed by atoms with Crippen LogP contribution in [0.2, 0.25) is 0 Å². The van der Waals surface area contributed by atoms with Crippen LogP contribution in [0.4, 0.5) is 0 Å². The van der Waals surface area contributed by atoms with E-state index in [2.05, 4.69) is 62.2 Å². The highest BCUT2D eigenvalue weighted by Gasteiger charge is 2.21. The molecule has 20 heavy (non-hydrogen) atoms. The zero-order chi connectivity index (χ0) is 14.5. The summed E-state index contributed by atoms with van der Waals surface area (Å²) in [6.07, 6.45) is 3.74. The highest BCUT2D eigenvalue weighted by atomic mass is 15.2. The molecule has 0 aromatic heterocycles. The Bertz CT molecular complexity index is 398. The van der Waals surface area contributed by atoms with E-state index in [0.717, 1.165) is 0 Å². The average molecular weight is 274 g/mol. The molecule has 3 unspecified atom stereocenters. The van der Waals surface area contributed by atoms with Crippen molar-refractivity contribution in [2.24, 2.45) is 0 Å². The predicted molar refractivity (Wildman–Crippen MR) is 87.1 cm³/mol. The van der Waals surface area contributed by atoms with Gasteiger partial charge in [0, 0.05) is 31.2 Å². The standard InChI is InChI=1S/C18H30N2/c1-5-18-11-13-20(12-10-15(3)19-18)16(4)17-8-6-14(2)7-9-17/h6-9,15-16,18-19H,5,10-13H2,1-4H3. The summed E-state index contributed by atoms with van der Waals surface area (Å²) in [5.41, 5.74) is 2.79. The molecule has 1 heterocycles. The van der Waals surface area contributed by atoms with Crippen LogP contribution in [-0.4, -0.2) is 30.1 Å². The van der Waals surface area contributed by atoms with Crippen molar-refractivity contribution >= 4 is 0 Å². The first kappa shape index (κ1) is 15.5. The SMILES string of the molecule is CCC1CCN(C(C)c2ccc(C)cc2)CCC(C)N1. The lowest BCUT2D eigenvalue weighted by Crippen LogP contribution is -2.44. The molecule has 0 bridgehead atoms. The van der Waals surface area contributed by atoms with Crippen molar-refractivity contribution < 1.29 is 0 Å². The van der Waals surface area contributed by atoms with Gasteiger partial charge in [-0.1, -0.05) is 36.8 Å². The molecule has 1 aromatic rings. The number of nitrogens with one attached hydrogen (secondary N) is 1. The van der Waals surface area contributed by atoms with Crippen molar-refractivity contribution in [3.63, 3.8) is 0 Å². The molecule has 0 radical (unpaired) electrons. The van der Waals surface area contributed by atoms with Crippen LogP contribution in [0, 0.1) is 6.92 Å². The van der Waals surface area contributed by atoms with Crippen molar-refractivity contribution in [2.75, 3.05) is 13.1 Å². The molecular formula is C18H30N2. The molecule has 2 heteroatoms. The van der Waals surface area contributed by atoms with Crippen LogP contribution >= 0.6 is 0 Å². The van der Waals surface area contributed by atoms with Crippen LogP contribution in [0.3, 0.4) is 0 Å². The number of rotatable bonds is 3. The third kappa shape index (κ3) is 4.07. The molecule has 3 atom stereocenters. The number of hydrogen-bond acceptors (Lipinski definition) is 2. The third-order valence-electron chi connectivity index (χ3n) is 4.73. The second-order valence-corrected chi connectivity index (χ2v) is 6.37. The minimum Gasteiger partial charge on any atom is -0.311 e. The van der Waals surface area contributed by atoms with Crippen molar-refractivity contribution in [2.45, 2.75) is 65.1 Å². The molecule has 0 aliphatic carbocycles. The summed E-state index contributed by atoms with van der Waals surface area (Å²) in [6, 6.07) is 10.9. The van der Waals surface area contributed by atoms with Gasteiger partial charge in [-0.3, -0.25) is 4.90 Å². The minimum absolute atomic E-state index is 0.526. The molecule has 1 saturated heterocycles. The second kappa shape index (κ2) is 7.24. The van der Waals surface area contributed by atoms with E-state index in [1.54, 1.807) is 0 Å². The van der Waals surface area contributed by atoms with Gasteiger partial charge in [0.05, 0.1) is 0 Å². The van der Waals surface area contributed by atoms with E-state index in [-0.39, 0.29) is 0 Å². The van der Waals surface area contributed by atoms with Gasteiger partial charge in [0.25, 0.3) is 0 Å². The molecule has 2 nitrogen and oxygen atoms in total. The van der Waals surface area contributed by atoms with Crippen molar-refractivity contribution in [1.82, 2.24) is 10.2 Å². The zero-order valence-corrected chi connectivity index (χ0v) is 13.5. The molecule has 0 amide bonds. The fraction of sp³-hybridized carbons (Fsp3) is 0.667. The molecule has 2 rings (SSSR count). The Kier molecular flexibility index (Phi) is 5.62. The molecule has 112 valence electrons. The average Bonchev–Trinajstić information content (AvgIpc) is 2.43. The minimum atomic E-state index is 0.526. The van der Waals surface area contributed by atoms with Gasteiger partial charge in [0.2, 0.25) is 0 Å². The smallest absolute Gasteiger partial charge is 0.0319 e. The van der Waals surface area contributed by atoms with Gasteiger partial charge in [0.15, 0.2) is 0 Å². The van der Waals surface area contributed by atoms with Crippen molar-refractivity contribution in [1.29, 1.82) is 0 Å². The quantitative estimate of drug-likeness (QED) is 0.899. The summed E-state index contributed by atoms with van der Waals surface area (Å²) in [7, 11) is 0. The first-order chi connectivity index (χ1) is 9.60. The van der Waals surface area contributed by atoms with Gasteiger partial charge < -0.3 is 5.32 Å². The summed E-state index contributed by atoms with van der Waals surface area (Å²) in [5, 5.41) is 3.75. The van der Waals surface area contributed by atoms with Gasteiger partial charge in [-0.05, 0) is 45.6 Å².